The molecule has 0 saturated heterocycles. The van der Waals surface area contributed by atoms with Gasteiger partial charge in [0.1, 0.15) is 5.15 Å². The lowest BCUT2D eigenvalue weighted by molar-refractivity contribution is 0.0470. The first-order valence-corrected chi connectivity index (χ1v) is 5.21. The van der Waals surface area contributed by atoms with Crippen LogP contribution in [0.15, 0.2) is 22.9 Å². The van der Waals surface area contributed by atoms with Gasteiger partial charge in [0.25, 0.3) is 0 Å². The van der Waals surface area contributed by atoms with Crippen LogP contribution in [-0.2, 0) is 4.74 Å². The molecular weight excluding hydrogens is 246 g/mol. The summed E-state index contributed by atoms with van der Waals surface area (Å²) in [5, 5.41) is 3.97. The average molecular weight is 254 g/mol. The fraction of sp³-hybridized carbons (Fsp3) is 0.200. The van der Waals surface area contributed by atoms with Crippen LogP contribution < -0.4 is 0 Å². The molecule has 0 atom stereocenters. The zero-order chi connectivity index (χ0) is 12.3. The number of nitrogens with zero attached hydrogens (tertiary/aromatic N) is 3. The highest BCUT2D eigenvalue weighted by atomic mass is 35.5. The highest BCUT2D eigenvalue weighted by Gasteiger charge is 2.17. The molecule has 2 rings (SSSR count). The maximum atomic E-state index is 11.3. The smallest absolute Gasteiger partial charge is 0.397 e. The Morgan fingerprint density at radius 3 is 3.12 bits per heavy atom. The molecule has 0 amide bonds. The molecule has 0 aliphatic heterocycles. The Bertz CT molecular complexity index is 541. The van der Waals surface area contributed by atoms with Crippen molar-refractivity contribution in [3.63, 3.8) is 0 Å². The van der Waals surface area contributed by atoms with Gasteiger partial charge in [0.05, 0.1) is 6.61 Å². The topological polar surface area (TPSA) is 78.1 Å². The molecule has 2 aromatic rings. The molecule has 6 nitrogen and oxygen atoms in total. The number of aromatic nitrogens is 3. The Morgan fingerprint density at radius 2 is 2.41 bits per heavy atom. The van der Waals surface area contributed by atoms with Crippen molar-refractivity contribution in [3.05, 3.63) is 29.4 Å². The predicted molar refractivity (Wildman–Crippen MR) is 58.5 cm³/mol. The summed E-state index contributed by atoms with van der Waals surface area (Å²) in [5.41, 5.74) is 0.615. The van der Waals surface area contributed by atoms with Crippen LogP contribution >= 0.6 is 11.6 Å². The largest absolute Gasteiger partial charge is 0.459 e. The second kappa shape index (κ2) is 4.92. The minimum Gasteiger partial charge on any atom is -0.459 e. The van der Waals surface area contributed by atoms with Crippen molar-refractivity contribution < 1.29 is 14.1 Å². The van der Waals surface area contributed by atoms with E-state index in [-0.39, 0.29) is 18.3 Å². The summed E-state index contributed by atoms with van der Waals surface area (Å²) in [7, 11) is 0. The Labute approximate surface area is 102 Å². The third-order valence-electron chi connectivity index (χ3n) is 1.86. The van der Waals surface area contributed by atoms with Crippen LogP contribution in [0.25, 0.3) is 11.4 Å². The third-order valence-corrected chi connectivity index (χ3v) is 2.07. The first-order chi connectivity index (χ1) is 8.20. The fourth-order valence-corrected chi connectivity index (χ4v) is 1.33. The van der Waals surface area contributed by atoms with Gasteiger partial charge < -0.3 is 9.26 Å². The first-order valence-electron chi connectivity index (χ1n) is 4.83. The van der Waals surface area contributed by atoms with Crippen molar-refractivity contribution in [3.8, 4) is 11.4 Å². The van der Waals surface area contributed by atoms with Gasteiger partial charge in [0.2, 0.25) is 5.82 Å². The normalized spacial score (nSPS) is 10.2. The number of hydrogen-bond donors (Lipinski definition) is 0. The Morgan fingerprint density at radius 1 is 1.59 bits per heavy atom. The Hall–Kier alpha value is -1.95. The summed E-state index contributed by atoms with van der Waals surface area (Å²) in [6.07, 6.45) is 1.51. The number of ether oxygens (including phenoxy) is 1. The molecule has 0 N–H and O–H groups in total. The zero-order valence-corrected chi connectivity index (χ0v) is 9.64. The Balaban J connectivity index is 2.27. The van der Waals surface area contributed by atoms with Crippen LogP contribution in [0.5, 0.6) is 0 Å². The molecule has 0 radical (unpaired) electrons. The van der Waals surface area contributed by atoms with Crippen molar-refractivity contribution >= 4 is 17.6 Å². The van der Waals surface area contributed by atoms with Crippen LogP contribution in [0.3, 0.4) is 0 Å². The summed E-state index contributed by atoms with van der Waals surface area (Å²) < 4.78 is 9.50. The van der Waals surface area contributed by atoms with E-state index < -0.39 is 5.97 Å². The van der Waals surface area contributed by atoms with E-state index in [9.17, 15) is 4.79 Å². The SMILES string of the molecule is CCOC(=O)c1nc(-c2ccnc(Cl)c2)no1. The molecule has 17 heavy (non-hydrogen) atoms. The lowest BCUT2D eigenvalue weighted by atomic mass is 10.2. The van der Waals surface area contributed by atoms with Crippen molar-refractivity contribution in [1.29, 1.82) is 0 Å². The monoisotopic (exact) mass is 253 g/mol. The van der Waals surface area contributed by atoms with Gasteiger partial charge in [-0.3, -0.25) is 0 Å². The summed E-state index contributed by atoms with van der Waals surface area (Å²) in [4.78, 5) is 19.0. The quantitative estimate of drug-likeness (QED) is 0.615. The number of carbonyl (C=O) groups is 1. The lowest BCUT2D eigenvalue weighted by Gasteiger charge is -1.94. The second-order valence-corrected chi connectivity index (χ2v) is 3.40. The van der Waals surface area contributed by atoms with E-state index in [2.05, 4.69) is 15.1 Å². The van der Waals surface area contributed by atoms with E-state index >= 15 is 0 Å². The minimum absolute atomic E-state index is 0.185. The van der Waals surface area contributed by atoms with Gasteiger partial charge in [0, 0.05) is 11.8 Å². The minimum atomic E-state index is -0.647. The standard InChI is InChI=1S/C10H8ClN3O3/c1-2-16-10(15)9-13-8(14-17-9)6-3-4-12-7(11)5-6/h3-5H,2H2,1H3. The molecule has 0 aliphatic carbocycles. The molecule has 2 aromatic heterocycles. The van der Waals surface area contributed by atoms with Crippen molar-refractivity contribution in [2.45, 2.75) is 6.92 Å². The molecule has 0 bridgehead atoms. The molecule has 0 aromatic carbocycles. The maximum Gasteiger partial charge on any atom is 0.397 e. The molecule has 0 fully saturated rings. The number of halogens is 1. The zero-order valence-electron chi connectivity index (χ0n) is 8.88. The number of carbonyl (C=O) groups excluding carboxylic acids is 1. The summed E-state index contributed by atoms with van der Waals surface area (Å²) in [6.45, 7) is 1.94. The molecule has 7 heteroatoms. The van der Waals surface area contributed by atoms with Crippen LogP contribution in [0.1, 0.15) is 17.6 Å². The molecular formula is C10H8ClN3O3. The Kier molecular flexibility index (Phi) is 3.34. The van der Waals surface area contributed by atoms with Crippen molar-refractivity contribution in [2.75, 3.05) is 6.61 Å². The first kappa shape index (κ1) is 11.5. The lowest BCUT2D eigenvalue weighted by Crippen LogP contribution is -2.04. The van der Waals surface area contributed by atoms with Gasteiger partial charge in [-0.2, -0.15) is 4.98 Å². The van der Waals surface area contributed by atoms with Gasteiger partial charge in [0.15, 0.2) is 0 Å². The number of esters is 1. The summed E-state index contributed by atoms with van der Waals surface area (Å²) >= 11 is 5.72. The number of rotatable bonds is 3. The number of hydrogen-bond acceptors (Lipinski definition) is 6. The van der Waals surface area contributed by atoms with Crippen LogP contribution in [-0.4, -0.2) is 27.7 Å². The molecule has 2 heterocycles. The van der Waals surface area contributed by atoms with Gasteiger partial charge in [-0.25, -0.2) is 9.78 Å². The third kappa shape index (κ3) is 2.59. The highest BCUT2D eigenvalue weighted by Crippen LogP contribution is 2.18. The van der Waals surface area contributed by atoms with E-state index in [1.807, 2.05) is 0 Å². The molecule has 88 valence electrons. The van der Waals surface area contributed by atoms with Gasteiger partial charge in [-0.1, -0.05) is 16.8 Å². The molecule has 0 spiro atoms. The molecule has 0 unspecified atom stereocenters. The van der Waals surface area contributed by atoms with Gasteiger partial charge in [-0.15, -0.1) is 0 Å². The van der Waals surface area contributed by atoms with Gasteiger partial charge >= 0.3 is 11.9 Å². The van der Waals surface area contributed by atoms with E-state index in [1.54, 1.807) is 19.1 Å². The summed E-state index contributed by atoms with van der Waals surface area (Å²) in [5.74, 6) is -0.571. The predicted octanol–water partition coefficient (Wildman–Crippen LogP) is 1.96. The number of pyridine rings is 1. The van der Waals surface area contributed by atoms with Crippen LogP contribution in [0.4, 0.5) is 0 Å². The van der Waals surface area contributed by atoms with Crippen LogP contribution in [0.2, 0.25) is 5.15 Å². The average Bonchev–Trinajstić information content (AvgIpc) is 2.78. The van der Waals surface area contributed by atoms with Crippen molar-refractivity contribution in [2.24, 2.45) is 0 Å². The van der Waals surface area contributed by atoms with Crippen molar-refractivity contribution in [1.82, 2.24) is 15.1 Å². The van der Waals surface area contributed by atoms with E-state index in [4.69, 9.17) is 20.9 Å². The summed E-state index contributed by atoms with van der Waals surface area (Å²) in [6, 6.07) is 3.23. The second-order valence-electron chi connectivity index (χ2n) is 3.01. The highest BCUT2D eigenvalue weighted by molar-refractivity contribution is 6.29. The molecule has 0 saturated carbocycles. The van der Waals surface area contributed by atoms with E-state index in [0.717, 1.165) is 0 Å². The van der Waals surface area contributed by atoms with Crippen LogP contribution in [0, 0.1) is 0 Å². The van der Waals surface area contributed by atoms with E-state index in [0.29, 0.717) is 10.7 Å². The maximum absolute atomic E-state index is 11.3. The fourth-order valence-electron chi connectivity index (χ4n) is 1.16. The molecule has 0 aliphatic rings. The van der Waals surface area contributed by atoms with Gasteiger partial charge in [-0.05, 0) is 19.1 Å². The van der Waals surface area contributed by atoms with E-state index in [1.165, 1.54) is 6.20 Å².